The van der Waals surface area contributed by atoms with E-state index in [-0.39, 0.29) is 18.2 Å². The van der Waals surface area contributed by atoms with Crippen molar-refractivity contribution in [2.45, 2.75) is 38.1 Å². The maximum absolute atomic E-state index is 11.9. The predicted octanol–water partition coefficient (Wildman–Crippen LogP) is 2.60. The number of anilines is 1. The molecular formula is C15H20N2O4. The number of hydrogen-bond donors (Lipinski definition) is 3. The van der Waals surface area contributed by atoms with Gasteiger partial charge in [0.25, 0.3) is 0 Å². The zero-order valence-electron chi connectivity index (χ0n) is 12.0. The molecule has 0 heterocycles. The molecule has 2 rings (SSSR count). The van der Waals surface area contributed by atoms with Crippen molar-refractivity contribution in [3.63, 3.8) is 0 Å². The first-order chi connectivity index (χ1) is 10.0. The molecule has 0 aliphatic heterocycles. The monoisotopic (exact) mass is 292 g/mol. The van der Waals surface area contributed by atoms with Crippen LogP contribution in [-0.4, -0.2) is 29.3 Å². The number of carboxylic acids is 1. The van der Waals surface area contributed by atoms with E-state index in [1.807, 2.05) is 0 Å². The lowest BCUT2D eigenvalue weighted by Gasteiger charge is -2.41. The number of urea groups is 1. The first kappa shape index (κ1) is 15.2. The minimum Gasteiger partial charge on any atom is -0.482 e. The average molecular weight is 292 g/mol. The zero-order chi connectivity index (χ0) is 15.3. The molecule has 6 nitrogen and oxygen atoms in total. The number of carboxylic acid groups (broad SMARTS) is 1. The van der Waals surface area contributed by atoms with Crippen molar-refractivity contribution < 1.29 is 19.4 Å². The van der Waals surface area contributed by atoms with Gasteiger partial charge in [-0.05, 0) is 49.9 Å². The molecule has 0 unspecified atom stereocenters. The van der Waals surface area contributed by atoms with Crippen molar-refractivity contribution in [1.82, 2.24) is 5.32 Å². The molecule has 1 aromatic rings. The van der Waals surface area contributed by atoms with Crippen LogP contribution in [0.4, 0.5) is 10.5 Å². The molecule has 0 aromatic heterocycles. The van der Waals surface area contributed by atoms with Gasteiger partial charge in [-0.3, -0.25) is 0 Å². The fourth-order valence-corrected chi connectivity index (χ4v) is 2.35. The largest absolute Gasteiger partial charge is 0.482 e. The summed E-state index contributed by atoms with van der Waals surface area (Å²) in [5.41, 5.74) is 0.593. The molecule has 0 atom stereocenters. The van der Waals surface area contributed by atoms with Crippen LogP contribution in [0.2, 0.25) is 0 Å². The lowest BCUT2D eigenvalue weighted by molar-refractivity contribution is -0.139. The summed E-state index contributed by atoms with van der Waals surface area (Å²) in [6, 6.07) is 6.39. The smallest absolute Gasteiger partial charge is 0.341 e. The van der Waals surface area contributed by atoms with E-state index in [0.29, 0.717) is 11.4 Å². The van der Waals surface area contributed by atoms with Gasteiger partial charge in [-0.2, -0.15) is 0 Å². The molecule has 114 valence electrons. The quantitative estimate of drug-likeness (QED) is 0.752. The minimum absolute atomic E-state index is 0.0470. The normalized spacial score (nSPS) is 15.7. The number of nitrogens with one attached hydrogen (secondary N) is 2. The molecule has 6 heteroatoms. The summed E-state index contributed by atoms with van der Waals surface area (Å²) < 4.78 is 5.02. The molecule has 1 saturated carbocycles. The molecule has 1 aliphatic rings. The van der Waals surface area contributed by atoms with E-state index in [2.05, 4.69) is 17.6 Å². The summed E-state index contributed by atoms with van der Waals surface area (Å²) in [6.45, 7) is 1.69. The summed E-state index contributed by atoms with van der Waals surface area (Å²) >= 11 is 0. The predicted molar refractivity (Wildman–Crippen MR) is 78.6 cm³/mol. The maximum Gasteiger partial charge on any atom is 0.341 e. The van der Waals surface area contributed by atoms with Crippen molar-refractivity contribution in [3.8, 4) is 5.75 Å². The van der Waals surface area contributed by atoms with Crippen LogP contribution in [0, 0.1) is 0 Å². The second-order valence-corrected chi connectivity index (χ2v) is 5.27. The number of carbonyl (C=O) groups is 2. The Labute approximate surface area is 123 Å². The summed E-state index contributed by atoms with van der Waals surface area (Å²) in [4.78, 5) is 22.3. The van der Waals surface area contributed by atoms with Crippen molar-refractivity contribution in [2.24, 2.45) is 0 Å². The van der Waals surface area contributed by atoms with E-state index >= 15 is 0 Å². The Morgan fingerprint density at radius 3 is 2.43 bits per heavy atom. The number of ether oxygens (including phenoxy) is 1. The van der Waals surface area contributed by atoms with Gasteiger partial charge in [0, 0.05) is 11.2 Å². The Morgan fingerprint density at radius 2 is 1.95 bits per heavy atom. The summed E-state index contributed by atoms with van der Waals surface area (Å²) in [5.74, 6) is -0.575. The number of rotatable bonds is 6. The van der Waals surface area contributed by atoms with Crippen LogP contribution in [0.5, 0.6) is 5.75 Å². The second kappa shape index (κ2) is 6.47. The van der Waals surface area contributed by atoms with Crippen molar-refractivity contribution in [3.05, 3.63) is 24.3 Å². The van der Waals surface area contributed by atoms with Crippen LogP contribution >= 0.6 is 0 Å². The molecule has 1 aromatic carbocycles. The molecule has 1 fully saturated rings. The third-order valence-electron chi connectivity index (χ3n) is 3.84. The van der Waals surface area contributed by atoms with Crippen LogP contribution in [0.15, 0.2) is 24.3 Å². The highest BCUT2D eigenvalue weighted by atomic mass is 16.5. The van der Waals surface area contributed by atoms with Gasteiger partial charge in [-0.15, -0.1) is 0 Å². The lowest BCUT2D eigenvalue weighted by Crippen LogP contribution is -2.54. The number of amides is 2. The van der Waals surface area contributed by atoms with Crippen molar-refractivity contribution in [1.29, 1.82) is 0 Å². The van der Waals surface area contributed by atoms with Crippen LogP contribution in [-0.2, 0) is 4.79 Å². The first-order valence-corrected chi connectivity index (χ1v) is 7.07. The van der Waals surface area contributed by atoms with E-state index < -0.39 is 5.97 Å². The summed E-state index contributed by atoms with van der Waals surface area (Å²) in [5, 5.41) is 14.3. The Morgan fingerprint density at radius 1 is 1.29 bits per heavy atom. The Balaban J connectivity index is 1.85. The Bertz CT molecular complexity index is 503. The summed E-state index contributed by atoms with van der Waals surface area (Å²) in [7, 11) is 0. The molecule has 2 amide bonds. The Hall–Kier alpha value is -2.24. The highest BCUT2D eigenvalue weighted by Crippen LogP contribution is 2.34. The van der Waals surface area contributed by atoms with E-state index in [1.165, 1.54) is 0 Å². The summed E-state index contributed by atoms with van der Waals surface area (Å²) in [6.07, 6.45) is 4.14. The minimum atomic E-state index is -1.03. The maximum atomic E-state index is 11.9. The lowest BCUT2D eigenvalue weighted by atomic mass is 9.75. The van der Waals surface area contributed by atoms with Gasteiger partial charge in [-0.25, -0.2) is 9.59 Å². The van der Waals surface area contributed by atoms with Crippen LogP contribution in [0.1, 0.15) is 32.6 Å². The molecular weight excluding hydrogens is 272 g/mol. The molecule has 0 radical (unpaired) electrons. The fourth-order valence-electron chi connectivity index (χ4n) is 2.35. The third kappa shape index (κ3) is 4.11. The fraction of sp³-hybridized carbons (Fsp3) is 0.467. The van der Waals surface area contributed by atoms with Crippen molar-refractivity contribution >= 4 is 17.7 Å². The number of hydrogen-bond acceptors (Lipinski definition) is 3. The van der Waals surface area contributed by atoms with Gasteiger partial charge in [0.15, 0.2) is 6.61 Å². The Kier molecular flexibility index (Phi) is 4.67. The molecule has 0 spiro atoms. The first-order valence-electron chi connectivity index (χ1n) is 7.07. The molecule has 0 saturated heterocycles. The SMILES string of the molecule is CCC1(NC(=O)Nc2ccc(OCC(=O)O)cc2)CCC1. The highest BCUT2D eigenvalue weighted by Gasteiger charge is 2.36. The van der Waals surface area contributed by atoms with Gasteiger partial charge in [0.2, 0.25) is 0 Å². The van der Waals surface area contributed by atoms with Crippen molar-refractivity contribution in [2.75, 3.05) is 11.9 Å². The molecule has 1 aliphatic carbocycles. The van der Waals surface area contributed by atoms with Gasteiger partial charge >= 0.3 is 12.0 Å². The van der Waals surface area contributed by atoms with Gasteiger partial charge in [-0.1, -0.05) is 6.92 Å². The van der Waals surface area contributed by atoms with Gasteiger partial charge in [0.1, 0.15) is 5.75 Å². The van der Waals surface area contributed by atoms with Crippen LogP contribution in [0.25, 0.3) is 0 Å². The van der Waals surface area contributed by atoms with Gasteiger partial charge in [0.05, 0.1) is 0 Å². The molecule has 3 N–H and O–H groups in total. The topological polar surface area (TPSA) is 87.7 Å². The van der Waals surface area contributed by atoms with Crippen LogP contribution in [0.3, 0.4) is 0 Å². The van der Waals surface area contributed by atoms with E-state index in [0.717, 1.165) is 25.7 Å². The van der Waals surface area contributed by atoms with Gasteiger partial charge < -0.3 is 20.5 Å². The van der Waals surface area contributed by atoms with E-state index in [9.17, 15) is 9.59 Å². The standard InChI is InChI=1S/C15H20N2O4/c1-2-15(8-3-9-15)17-14(20)16-11-4-6-12(7-5-11)21-10-13(18)19/h4-7H,2-3,8-10H2,1H3,(H,18,19)(H2,16,17,20). The third-order valence-corrected chi connectivity index (χ3v) is 3.84. The van der Waals surface area contributed by atoms with E-state index in [4.69, 9.17) is 9.84 Å². The number of aliphatic carboxylic acids is 1. The van der Waals surface area contributed by atoms with Crippen LogP contribution < -0.4 is 15.4 Å². The molecule has 0 bridgehead atoms. The molecule has 21 heavy (non-hydrogen) atoms. The second-order valence-electron chi connectivity index (χ2n) is 5.27. The number of carbonyl (C=O) groups excluding carboxylic acids is 1. The highest BCUT2D eigenvalue weighted by molar-refractivity contribution is 5.89. The average Bonchev–Trinajstić information content (AvgIpc) is 2.42. The zero-order valence-corrected chi connectivity index (χ0v) is 12.0. The number of benzene rings is 1. The van der Waals surface area contributed by atoms with E-state index in [1.54, 1.807) is 24.3 Å².